The van der Waals surface area contributed by atoms with Gasteiger partial charge in [0.25, 0.3) is 5.91 Å². The Hall–Kier alpha value is -3.85. The molecule has 3 amide bonds. The Morgan fingerprint density at radius 1 is 1.14 bits per heavy atom. The minimum absolute atomic E-state index is 0.00925. The predicted octanol–water partition coefficient (Wildman–Crippen LogP) is 5.36. The van der Waals surface area contributed by atoms with Crippen molar-refractivity contribution in [3.05, 3.63) is 40.8 Å². The smallest absolute Gasteiger partial charge is 0.410 e. The number of aromatic nitrogens is 3. The summed E-state index contributed by atoms with van der Waals surface area (Å²) in [4.78, 5) is 30.8. The van der Waals surface area contributed by atoms with E-state index in [1.54, 1.807) is 0 Å². The van der Waals surface area contributed by atoms with Gasteiger partial charge in [-0.15, -0.1) is 0 Å². The van der Waals surface area contributed by atoms with Gasteiger partial charge in [0.1, 0.15) is 23.3 Å². The number of halogens is 6. The maximum absolute atomic E-state index is 16.1. The van der Waals surface area contributed by atoms with Crippen molar-refractivity contribution in [2.45, 2.75) is 75.7 Å². The normalized spacial score (nSPS) is 22.8. The van der Waals surface area contributed by atoms with Gasteiger partial charge in [0, 0.05) is 18.4 Å². The molecule has 226 valence electrons. The molecule has 3 aliphatic rings. The number of carbonyl (C=O) groups excluding carboxylic acids is 2. The number of oxazole rings is 1. The predicted molar refractivity (Wildman–Crippen MR) is 131 cm³/mol. The van der Waals surface area contributed by atoms with E-state index in [2.05, 4.69) is 25.2 Å². The second-order valence-electron chi connectivity index (χ2n) is 11.2. The first kappa shape index (κ1) is 28.3. The van der Waals surface area contributed by atoms with Gasteiger partial charge in [-0.3, -0.25) is 4.79 Å². The molecule has 3 heterocycles. The summed E-state index contributed by atoms with van der Waals surface area (Å²) in [5, 5.41) is 11.8. The first-order valence-electron chi connectivity index (χ1n) is 13.5. The fraction of sp³-hybridized carbons (Fsp3) is 0.577. The average molecular weight is 601 g/mol. The Morgan fingerprint density at radius 2 is 1.86 bits per heavy atom. The van der Waals surface area contributed by atoms with E-state index in [9.17, 15) is 31.5 Å². The molecule has 16 heteroatoms. The van der Waals surface area contributed by atoms with Crippen molar-refractivity contribution >= 4 is 23.0 Å². The summed E-state index contributed by atoms with van der Waals surface area (Å²) in [6.07, 6.45) is -4.26. The lowest BCUT2D eigenvalue weighted by Gasteiger charge is -2.32. The first-order valence-corrected chi connectivity index (χ1v) is 13.5. The largest absolute Gasteiger partial charge is 0.438 e. The van der Waals surface area contributed by atoms with E-state index in [0.717, 1.165) is 4.90 Å². The first-order chi connectivity index (χ1) is 19.8. The summed E-state index contributed by atoms with van der Waals surface area (Å²) in [7, 11) is 0. The van der Waals surface area contributed by atoms with Crippen LogP contribution in [0.4, 0.5) is 31.1 Å². The topological polar surface area (TPSA) is 126 Å². The molecule has 1 saturated heterocycles. The van der Waals surface area contributed by atoms with Gasteiger partial charge >= 0.3 is 12.2 Å². The summed E-state index contributed by atoms with van der Waals surface area (Å²) < 4.78 is 94.3. The molecule has 3 atom stereocenters. The highest BCUT2D eigenvalue weighted by molar-refractivity contribution is 5.93. The quantitative estimate of drug-likeness (QED) is 0.350. The van der Waals surface area contributed by atoms with E-state index in [1.807, 2.05) is 5.32 Å². The monoisotopic (exact) mass is 600 g/mol. The van der Waals surface area contributed by atoms with Crippen LogP contribution in [0.2, 0.25) is 0 Å². The SMILES string of the molecule is Cc1nonc1C(=O)NC(c1nc2c(F)c(C(C3CC3)N3CC(C(F)(F)F)NC3=O)ccc2o1)C1CCC(F)(F)CC1. The fourth-order valence-corrected chi connectivity index (χ4v) is 5.85. The van der Waals surface area contributed by atoms with Crippen LogP contribution in [-0.2, 0) is 0 Å². The van der Waals surface area contributed by atoms with Crippen molar-refractivity contribution in [2.24, 2.45) is 11.8 Å². The summed E-state index contributed by atoms with van der Waals surface area (Å²) >= 11 is 0. The van der Waals surface area contributed by atoms with Gasteiger partial charge in [-0.1, -0.05) is 11.2 Å². The molecule has 10 nitrogen and oxygen atoms in total. The van der Waals surface area contributed by atoms with Gasteiger partial charge in [-0.2, -0.15) is 13.2 Å². The molecule has 0 radical (unpaired) electrons. The zero-order valence-corrected chi connectivity index (χ0v) is 22.2. The molecule has 6 rings (SSSR count). The summed E-state index contributed by atoms with van der Waals surface area (Å²) in [5.74, 6) is -5.35. The highest BCUT2D eigenvalue weighted by atomic mass is 19.4. The highest BCUT2D eigenvalue weighted by Crippen LogP contribution is 2.48. The standard InChI is InChI=1S/C26H26F6N6O4/c1-11-18(37-42-36-11)22(39)34-19(12-6-8-25(28,29)9-7-12)23-35-20-15(41-23)5-4-14(17(20)27)21(13-2-3-13)38-10-16(26(30,31)32)33-24(38)40/h4-5,12-13,16,19,21H,2-3,6-10H2,1H3,(H,33,40)(H,34,39). The maximum Gasteiger partial charge on any atom is 0.410 e. The third-order valence-corrected chi connectivity index (χ3v) is 8.25. The number of urea groups is 1. The second-order valence-corrected chi connectivity index (χ2v) is 11.2. The molecular weight excluding hydrogens is 574 g/mol. The van der Waals surface area contributed by atoms with Crippen LogP contribution in [0.25, 0.3) is 11.1 Å². The van der Waals surface area contributed by atoms with Crippen molar-refractivity contribution in [2.75, 3.05) is 6.54 Å². The maximum atomic E-state index is 16.1. The lowest BCUT2D eigenvalue weighted by atomic mass is 9.82. The Bertz CT molecular complexity index is 1510. The molecule has 3 aromatic rings. The Balaban J connectivity index is 1.34. The van der Waals surface area contributed by atoms with Crippen LogP contribution in [0.15, 0.2) is 21.2 Å². The Kier molecular flexibility index (Phi) is 6.84. The van der Waals surface area contributed by atoms with E-state index in [0.29, 0.717) is 12.8 Å². The number of rotatable bonds is 7. The van der Waals surface area contributed by atoms with Crippen LogP contribution in [-0.4, -0.2) is 56.8 Å². The van der Waals surface area contributed by atoms with Crippen molar-refractivity contribution in [3.63, 3.8) is 0 Å². The number of alkyl halides is 5. The van der Waals surface area contributed by atoms with Crippen molar-refractivity contribution in [1.29, 1.82) is 0 Å². The van der Waals surface area contributed by atoms with E-state index < -0.39 is 73.3 Å². The number of nitrogens with one attached hydrogen (secondary N) is 2. The average Bonchev–Trinajstić information content (AvgIpc) is 3.30. The van der Waals surface area contributed by atoms with Crippen molar-refractivity contribution in [3.8, 4) is 0 Å². The molecule has 1 aromatic carbocycles. The van der Waals surface area contributed by atoms with E-state index in [-0.39, 0.29) is 52.7 Å². The molecule has 2 N–H and O–H groups in total. The van der Waals surface area contributed by atoms with Gasteiger partial charge in [0.2, 0.25) is 11.8 Å². The fourth-order valence-electron chi connectivity index (χ4n) is 5.85. The van der Waals surface area contributed by atoms with E-state index in [1.165, 1.54) is 19.1 Å². The number of benzene rings is 1. The Labute approximate surface area is 234 Å². The van der Waals surface area contributed by atoms with E-state index >= 15 is 4.39 Å². The van der Waals surface area contributed by atoms with Gasteiger partial charge in [-0.05, 0) is 55.7 Å². The number of nitrogens with zero attached hydrogens (tertiary/aromatic N) is 4. The third kappa shape index (κ3) is 5.26. The molecule has 42 heavy (non-hydrogen) atoms. The summed E-state index contributed by atoms with van der Waals surface area (Å²) in [5.41, 5.74) is -0.206. The van der Waals surface area contributed by atoms with Crippen LogP contribution in [0, 0.1) is 24.6 Å². The molecular formula is C26H26F6N6O4. The molecule has 1 aliphatic heterocycles. The lowest BCUT2D eigenvalue weighted by molar-refractivity contribution is -0.150. The van der Waals surface area contributed by atoms with Gasteiger partial charge < -0.3 is 20.0 Å². The number of carbonyl (C=O) groups is 2. The molecule has 2 saturated carbocycles. The number of amides is 3. The Morgan fingerprint density at radius 3 is 2.45 bits per heavy atom. The molecule has 0 spiro atoms. The zero-order chi connectivity index (χ0) is 30.0. The zero-order valence-electron chi connectivity index (χ0n) is 22.2. The molecule has 2 aliphatic carbocycles. The molecule has 2 aromatic heterocycles. The summed E-state index contributed by atoms with van der Waals surface area (Å²) in [6, 6.07) is -2.26. The number of aryl methyl sites for hydroxylation is 1. The van der Waals surface area contributed by atoms with Crippen LogP contribution in [0.3, 0.4) is 0 Å². The van der Waals surface area contributed by atoms with Crippen molar-refractivity contribution < 1.29 is 45.0 Å². The lowest BCUT2D eigenvalue weighted by Crippen LogP contribution is -2.40. The van der Waals surface area contributed by atoms with Crippen LogP contribution < -0.4 is 10.6 Å². The van der Waals surface area contributed by atoms with Crippen LogP contribution in [0.1, 0.15) is 78.2 Å². The van der Waals surface area contributed by atoms with Crippen LogP contribution in [0.5, 0.6) is 0 Å². The summed E-state index contributed by atoms with van der Waals surface area (Å²) in [6.45, 7) is 0.827. The second kappa shape index (κ2) is 10.2. The molecule has 0 bridgehead atoms. The van der Waals surface area contributed by atoms with Gasteiger partial charge in [0.15, 0.2) is 17.1 Å². The highest BCUT2D eigenvalue weighted by Gasteiger charge is 2.51. The van der Waals surface area contributed by atoms with Gasteiger partial charge in [0.05, 0.1) is 12.6 Å². The third-order valence-electron chi connectivity index (χ3n) is 8.25. The number of hydrogen-bond acceptors (Lipinski definition) is 7. The van der Waals surface area contributed by atoms with Crippen LogP contribution >= 0.6 is 0 Å². The molecule has 3 fully saturated rings. The minimum Gasteiger partial charge on any atom is -0.438 e. The van der Waals surface area contributed by atoms with E-state index in [4.69, 9.17) is 4.42 Å². The van der Waals surface area contributed by atoms with Gasteiger partial charge in [-0.25, -0.2) is 27.6 Å². The minimum atomic E-state index is -4.66. The van der Waals surface area contributed by atoms with Crippen molar-refractivity contribution in [1.82, 2.24) is 30.8 Å². The number of fused-ring (bicyclic) bond motifs is 1. The molecule has 3 unspecified atom stereocenters. The number of hydrogen-bond donors (Lipinski definition) is 2.